The molecule has 1 aromatic carbocycles. The summed E-state index contributed by atoms with van der Waals surface area (Å²) < 4.78 is 4.91. The van der Waals surface area contributed by atoms with E-state index in [0.717, 1.165) is 5.75 Å². The predicted molar refractivity (Wildman–Crippen MR) is 46.5 cm³/mol. The molecule has 0 spiro atoms. The minimum atomic E-state index is 0. The van der Waals surface area contributed by atoms with Crippen LogP contribution in [0.3, 0.4) is 0 Å². The van der Waals surface area contributed by atoms with Crippen LogP contribution >= 0.6 is 11.6 Å². The molecule has 0 bridgehead atoms. The van der Waals surface area contributed by atoms with E-state index in [-0.39, 0.29) is 23.1 Å². The third-order valence-electron chi connectivity index (χ3n) is 1.03. The highest BCUT2D eigenvalue weighted by Crippen LogP contribution is 2.15. The van der Waals surface area contributed by atoms with Gasteiger partial charge in [-0.15, -0.1) is 0 Å². The van der Waals surface area contributed by atoms with E-state index < -0.39 is 0 Å². The Kier molecular flexibility index (Phi) is 4.86. The molecule has 0 unspecified atom stereocenters. The molecule has 0 atom stereocenters. The summed E-state index contributed by atoms with van der Waals surface area (Å²) in [6, 6.07) is 7.28. The Hall–Kier alpha value is 0.0762. The molecule has 0 radical (unpaired) electrons. The number of hydrogen-bond acceptors (Lipinski definition) is 1. The number of halogens is 1. The van der Waals surface area contributed by atoms with Crippen molar-refractivity contribution in [2.24, 2.45) is 0 Å². The molecule has 0 aliphatic rings. The average Bonchev–Trinajstić information content (AvgIpc) is 1.88. The Morgan fingerprint density at radius 2 is 2.10 bits per heavy atom. The summed E-state index contributed by atoms with van der Waals surface area (Å²) in [5, 5.41) is 0.703. The van der Waals surface area contributed by atoms with Crippen LogP contribution < -0.4 is 4.74 Å². The first-order valence-corrected chi connectivity index (χ1v) is 3.00. The molecule has 52 valence electrons. The number of ether oxygens (including phenoxy) is 1. The topological polar surface area (TPSA) is 9.23 Å². The maximum atomic E-state index is 5.64. The quantitative estimate of drug-likeness (QED) is 0.577. The second-order valence-corrected chi connectivity index (χ2v) is 2.10. The second-order valence-electron chi connectivity index (χ2n) is 1.66. The molecule has 10 heavy (non-hydrogen) atoms. The summed E-state index contributed by atoms with van der Waals surface area (Å²) in [4.78, 5) is 0. The molecule has 0 aliphatic heterocycles. The molecule has 0 N–H and O–H groups in total. The lowest BCUT2D eigenvalue weighted by Crippen LogP contribution is -1.79. The summed E-state index contributed by atoms with van der Waals surface area (Å²) in [7, 11) is 1.62. The number of rotatable bonds is 1. The molecule has 1 nitrogen and oxygen atoms in total. The van der Waals surface area contributed by atoms with E-state index >= 15 is 0 Å². The van der Waals surface area contributed by atoms with Gasteiger partial charge in [-0.3, -0.25) is 0 Å². The van der Waals surface area contributed by atoms with Gasteiger partial charge < -0.3 is 4.74 Å². The normalized spacial score (nSPS) is 8.20. The minimum absolute atomic E-state index is 0. The highest BCUT2D eigenvalue weighted by molar-refractivity contribution is 6.30. The number of methoxy groups -OCH3 is 1. The van der Waals surface area contributed by atoms with Gasteiger partial charge in [-0.1, -0.05) is 17.7 Å². The van der Waals surface area contributed by atoms with Crippen molar-refractivity contribution in [1.29, 1.82) is 0 Å². The van der Waals surface area contributed by atoms with E-state index in [2.05, 4.69) is 0 Å². The molecular weight excluding hydrogens is 160 g/mol. The smallest absolute Gasteiger partial charge is 0.316 e. The Balaban J connectivity index is 0.000000810. The van der Waals surface area contributed by atoms with Crippen LogP contribution in [0.15, 0.2) is 24.3 Å². The van der Waals surface area contributed by atoms with Crippen LogP contribution in [0.2, 0.25) is 5.02 Å². The zero-order valence-corrected chi connectivity index (χ0v) is 5.85. The molecule has 1 rings (SSSR count). The molecule has 0 aliphatic carbocycles. The zero-order valence-electron chi connectivity index (χ0n) is 5.10. The molecule has 3 heteroatoms. The fraction of sp³-hybridized carbons (Fsp3) is 0.143. The maximum absolute atomic E-state index is 5.64. The van der Waals surface area contributed by atoms with Crippen molar-refractivity contribution in [3.05, 3.63) is 29.3 Å². The second kappa shape index (κ2) is 4.83. The van der Waals surface area contributed by atoms with Crippen molar-refractivity contribution >= 4 is 34.7 Å². The van der Waals surface area contributed by atoms with Gasteiger partial charge in [0.2, 0.25) is 0 Å². The molecule has 1 aromatic rings. The monoisotopic (exact) mass is 168 g/mol. The van der Waals surface area contributed by atoms with Gasteiger partial charge in [0.15, 0.2) is 0 Å². The van der Waals surface area contributed by atoms with Crippen LogP contribution in [0.5, 0.6) is 5.75 Å². The Morgan fingerprint density at radius 3 is 2.50 bits per heavy atom. The highest BCUT2D eigenvalue weighted by Gasteiger charge is 1.88. The van der Waals surface area contributed by atoms with Crippen molar-refractivity contribution in [2.45, 2.75) is 0 Å². The van der Waals surface area contributed by atoms with Gasteiger partial charge in [-0.2, -0.15) is 0 Å². The van der Waals surface area contributed by atoms with Gasteiger partial charge in [-0.25, -0.2) is 0 Å². The average molecular weight is 169 g/mol. The van der Waals surface area contributed by atoms with Crippen molar-refractivity contribution in [2.75, 3.05) is 7.11 Å². The van der Waals surface area contributed by atoms with Gasteiger partial charge in [0.05, 0.1) is 7.11 Å². The van der Waals surface area contributed by atoms with Gasteiger partial charge in [0.1, 0.15) is 5.75 Å². The SMILES string of the molecule is COc1cccc(Cl)c1.[MgH2]. The molecule has 0 amide bonds. The summed E-state index contributed by atoms with van der Waals surface area (Å²) in [6.07, 6.45) is 0. The highest BCUT2D eigenvalue weighted by atomic mass is 35.5. The molecule has 0 saturated heterocycles. The first-order chi connectivity index (χ1) is 4.33. The van der Waals surface area contributed by atoms with E-state index in [1.807, 2.05) is 18.2 Å². The van der Waals surface area contributed by atoms with Crippen LogP contribution in [-0.2, 0) is 0 Å². The summed E-state index contributed by atoms with van der Waals surface area (Å²) in [6.45, 7) is 0. The van der Waals surface area contributed by atoms with Gasteiger partial charge in [-0.05, 0) is 18.2 Å². The largest absolute Gasteiger partial charge is 0.497 e. The summed E-state index contributed by atoms with van der Waals surface area (Å²) >= 11 is 5.64. The lowest BCUT2D eigenvalue weighted by Gasteiger charge is -1.96. The van der Waals surface area contributed by atoms with E-state index in [9.17, 15) is 0 Å². The van der Waals surface area contributed by atoms with Gasteiger partial charge in [0, 0.05) is 5.02 Å². The third-order valence-corrected chi connectivity index (χ3v) is 1.27. The predicted octanol–water partition coefficient (Wildman–Crippen LogP) is 1.43. The standard InChI is InChI=1S/C7H7ClO.Mg.2H/c1-9-7-4-2-3-6(8)5-7;;;/h2-5H,1H3;;;. The van der Waals surface area contributed by atoms with Crippen LogP contribution in [0.1, 0.15) is 0 Å². The Morgan fingerprint density at radius 1 is 1.40 bits per heavy atom. The Labute approximate surface area is 81.5 Å². The molecular formula is C7H9ClMgO. The fourth-order valence-electron chi connectivity index (χ4n) is 0.594. The van der Waals surface area contributed by atoms with Gasteiger partial charge >= 0.3 is 23.1 Å². The fourth-order valence-corrected chi connectivity index (χ4v) is 0.774. The van der Waals surface area contributed by atoms with E-state index in [1.165, 1.54) is 0 Å². The van der Waals surface area contributed by atoms with Crippen LogP contribution in [-0.4, -0.2) is 30.2 Å². The molecule has 0 saturated carbocycles. The Bertz CT molecular complexity index is 203. The lowest BCUT2D eigenvalue weighted by molar-refractivity contribution is 0.415. The minimum Gasteiger partial charge on any atom is -0.497 e. The molecule has 0 fully saturated rings. The van der Waals surface area contributed by atoms with Crippen LogP contribution in [0.4, 0.5) is 0 Å². The summed E-state index contributed by atoms with van der Waals surface area (Å²) in [5.74, 6) is 0.794. The number of benzene rings is 1. The van der Waals surface area contributed by atoms with E-state index in [1.54, 1.807) is 13.2 Å². The van der Waals surface area contributed by atoms with Crippen molar-refractivity contribution < 1.29 is 4.74 Å². The first-order valence-electron chi connectivity index (χ1n) is 2.62. The maximum Gasteiger partial charge on any atom is 0.316 e. The number of hydrogen-bond donors (Lipinski definition) is 0. The van der Waals surface area contributed by atoms with Crippen molar-refractivity contribution in [3.63, 3.8) is 0 Å². The zero-order chi connectivity index (χ0) is 6.69. The summed E-state index contributed by atoms with van der Waals surface area (Å²) in [5.41, 5.74) is 0. The van der Waals surface area contributed by atoms with Crippen molar-refractivity contribution in [1.82, 2.24) is 0 Å². The lowest BCUT2D eigenvalue weighted by atomic mass is 10.3. The van der Waals surface area contributed by atoms with Crippen LogP contribution in [0, 0.1) is 0 Å². The first kappa shape index (κ1) is 10.1. The van der Waals surface area contributed by atoms with Crippen LogP contribution in [0.25, 0.3) is 0 Å². The van der Waals surface area contributed by atoms with Gasteiger partial charge in [0.25, 0.3) is 0 Å². The van der Waals surface area contributed by atoms with Crippen molar-refractivity contribution in [3.8, 4) is 5.75 Å². The van der Waals surface area contributed by atoms with E-state index in [0.29, 0.717) is 5.02 Å². The third kappa shape index (κ3) is 2.77. The molecule has 0 heterocycles. The van der Waals surface area contributed by atoms with E-state index in [4.69, 9.17) is 16.3 Å². The molecule has 0 aromatic heterocycles.